The van der Waals surface area contributed by atoms with Gasteiger partial charge in [0.2, 0.25) is 6.33 Å². The minimum absolute atomic E-state index is 0.0655. The lowest BCUT2D eigenvalue weighted by molar-refractivity contribution is -0.674. The zero-order valence-corrected chi connectivity index (χ0v) is 29.8. The lowest BCUT2D eigenvalue weighted by Gasteiger charge is -2.22. The predicted molar refractivity (Wildman–Crippen MR) is 207 cm³/mol. The minimum atomic E-state index is -0.0655. The van der Waals surface area contributed by atoms with Crippen LogP contribution >= 0.6 is 0 Å². The largest absolute Gasteiger partial charge is 0.458 e. The zero-order valence-electron chi connectivity index (χ0n) is 29.8. The summed E-state index contributed by atoms with van der Waals surface area (Å²) in [6.07, 6.45) is 9.26. The molecular formula is C45H39N5O. The maximum Gasteiger partial charge on any atom is 0.243 e. The average molecular weight is 666 g/mol. The summed E-state index contributed by atoms with van der Waals surface area (Å²) in [4.78, 5) is 5.00. The van der Waals surface area contributed by atoms with Crippen LogP contribution in [0.3, 0.4) is 0 Å². The van der Waals surface area contributed by atoms with Gasteiger partial charge in [-0.1, -0.05) is 81.4 Å². The summed E-state index contributed by atoms with van der Waals surface area (Å²) in [5, 5.41) is 4.83. The van der Waals surface area contributed by atoms with E-state index in [2.05, 4.69) is 159 Å². The van der Waals surface area contributed by atoms with E-state index in [1.54, 1.807) is 0 Å². The van der Waals surface area contributed by atoms with Crippen molar-refractivity contribution in [1.29, 1.82) is 0 Å². The van der Waals surface area contributed by atoms with Gasteiger partial charge in [-0.3, -0.25) is 4.57 Å². The third-order valence-corrected chi connectivity index (χ3v) is 10.1. The van der Waals surface area contributed by atoms with Gasteiger partial charge in [0.05, 0.1) is 40.5 Å². The summed E-state index contributed by atoms with van der Waals surface area (Å²) in [5.74, 6) is 2.39. The third kappa shape index (κ3) is 5.09. The van der Waals surface area contributed by atoms with Gasteiger partial charge >= 0.3 is 0 Å². The molecule has 0 radical (unpaired) electrons. The van der Waals surface area contributed by atoms with Crippen LogP contribution in [0.15, 0.2) is 128 Å². The first-order valence-electron chi connectivity index (χ1n) is 17.4. The molecule has 0 saturated heterocycles. The van der Waals surface area contributed by atoms with Crippen LogP contribution in [0.1, 0.15) is 37.5 Å². The zero-order chi connectivity index (χ0) is 35.0. The number of aryl methyl sites for hydroxylation is 3. The highest BCUT2D eigenvalue weighted by molar-refractivity contribution is 6.12. The van der Waals surface area contributed by atoms with Crippen LogP contribution in [-0.2, 0) is 12.5 Å². The van der Waals surface area contributed by atoms with Gasteiger partial charge in [-0.05, 0) is 72.4 Å². The molecule has 9 rings (SSSR count). The molecule has 5 aromatic carbocycles. The van der Waals surface area contributed by atoms with Crippen LogP contribution in [0.2, 0.25) is 0 Å². The molecule has 9 aromatic rings. The number of ether oxygens (including phenoxy) is 1. The van der Waals surface area contributed by atoms with E-state index in [1.807, 2.05) is 34.8 Å². The first-order valence-corrected chi connectivity index (χ1v) is 17.4. The van der Waals surface area contributed by atoms with Gasteiger partial charge in [0.25, 0.3) is 0 Å². The Labute approximate surface area is 297 Å². The molecule has 51 heavy (non-hydrogen) atoms. The SMILES string of the molecule is Cc1cccc2c3cccc(C)c3n(-c3ccnc(-n4c5ccccc5c5ccc(Oc6cc(-n7[c-][n+](C)cc7)cc(C(C)(C)C)c6)cc54)c3)c12. The van der Waals surface area contributed by atoms with Gasteiger partial charge in [-0.2, -0.15) is 0 Å². The number of para-hydroxylation sites is 3. The Morgan fingerprint density at radius 2 is 1.35 bits per heavy atom. The predicted octanol–water partition coefficient (Wildman–Crippen LogP) is 10.4. The van der Waals surface area contributed by atoms with Crippen LogP contribution in [0.4, 0.5) is 0 Å². The molecule has 0 aliphatic carbocycles. The second kappa shape index (κ2) is 11.5. The van der Waals surface area contributed by atoms with Gasteiger partial charge in [-0.15, -0.1) is 0 Å². The Kier molecular flexibility index (Phi) is 6.94. The van der Waals surface area contributed by atoms with Crippen LogP contribution in [0.25, 0.3) is 60.8 Å². The fraction of sp³-hybridized carbons (Fsp3) is 0.156. The van der Waals surface area contributed by atoms with E-state index in [9.17, 15) is 0 Å². The van der Waals surface area contributed by atoms with Crippen molar-refractivity contribution < 1.29 is 9.30 Å². The van der Waals surface area contributed by atoms with E-state index < -0.39 is 0 Å². The summed E-state index contributed by atoms with van der Waals surface area (Å²) in [5.41, 5.74) is 10.2. The minimum Gasteiger partial charge on any atom is -0.458 e. The number of benzene rings is 5. The normalized spacial score (nSPS) is 12.1. The third-order valence-electron chi connectivity index (χ3n) is 10.1. The highest BCUT2D eigenvalue weighted by Gasteiger charge is 2.20. The van der Waals surface area contributed by atoms with Crippen molar-refractivity contribution in [2.45, 2.75) is 40.0 Å². The summed E-state index contributed by atoms with van der Waals surface area (Å²) in [7, 11) is 1.98. The second-order valence-electron chi connectivity index (χ2n) is 14.6. The molecule has 0 unspecified atom stereocenters. The molecule has 4 heterocycles. The van der Waals surface area contributed by atoms with Crippen molar-refractivity contribution in [3.63, 3.8) is 0 Å². The molecule has 6 nitrogen and oxygen atoms in total. The fourth-order valence-corrected chi connectivity index (χ4v) is 7.54. The summed E-state index contributed by atoms with van der Waals surface area (Å²) in [6.45, 7) is 11.1. The number of imidazole rings is 1. The first kappa shape index (κ1) is 30.9. The molecule has 0 saturated carbocycles. The number of rotatable bonds is 5. The molecule has 0 aliphatic rings. The van der Waals surface area contributed by atoms with E-state index in [-0.39, 0.29) is 5.41 Å². The molecule has 0 fully saturated rings. The molecule has 0 amide bonds. The molecule has 250 valence electrons. The Hall–Kier alpha value is -6.14. The number of fused-ring (bicyclic) bond motifs is 6. The number of nitrogens with zero attached hydrogens (tertiary/aromatic N) is 5. The van der Waals surface area contributed by atoms with E-state index in [0.717, 1.165) is 45.1 Å². The number of aromatic nitrogens is 5. The van der Waals surface area contributed by atoms with E-state index in [4.69, 9.17) is 9.72 Å². The van der Waals surface area contributed by atoms with Gasteiger partial charge in [0, 0.05) is 52.3 Å². The lowest BCUT2D eigenvalue weighted by Crippen LogP contribution is -2.24. The molecule has 0 N–H and O–H groups in total. The Bertz CT molecular complexity index is 2750. The fourth-order valence-electron chi connectivity index (χ4n) is 7.54. The van der Waals surface area contributed by atoms with Crippen molar-refractivity contribution in [2.24, 2.45) is 7.05 Å². The Morgan fingerprint density at radius 1 is 0.647 bits per heavy atom. The highest BCUT2D eigenvalue weighted by atomic mass is 16.5. The molecular weight excluding hydrogens is 627 g/mol. The van der Waals surface area contributed by atoms with Gasteiger partial charge < -0.3 is 18.4 Å². The Balaban J connectivity index is 1.22. The van der Waals surface area contributed by atoms with Crippen LogP contribution in [-0.4, -0.2) is 18.7 Å². The Morgan fingerprint density at radius 3 is 2.06 bits per heavy atom. The second-order valence-corrected chi connectivity index (χ2v) is 14.6. The molecule has 0 spiro atoms. The monoisotopic (exact) mass is 665 g/mol. The van der Waals surface area contributed by atoms with Gasteiger partial charge in [0.15, 0.2) is 0 Å². The first-order chi connectivity index (χ1) is 24.6. The van der Waals surface area contributed by atoms with Crippen molar-refractivity contribution in [1.82, 2.24) is 18.7 Å². The maximum absolute atomic E-state index is 6.71. The molecule has 0 bridgehead atoms. The smallest absolute Gasteiger partial charge is 0.243 e. The highest BCUT2D eigenvalue weighted by Crippen LogP contribution is 2.39. The average Bonchev–Trinajstić information content (AvgIpc) is 3.81. The van der Waals surface area contributed by atoms with Gasteiger partial charge in [0.1, 0.15) is 17.3 Å². The lowest BCUT2D eigenvalue weighted by atomic mass is 9.86. The molecule has 6 heteroatoms. The van der Waals surface area contributed by atoms with Crippen molar-refractivity contribution in [2.75, 3.05) is 0 Å². The topological polar surface area (TPSA) is 40.8 Å². The number of hydrogen-bond acceptors (Lipinski definition) is 2. The summed E-state index contributed by atoms with van der Waals surface area (Å²) < 4.78 is 15.3. The number of pyridine rings is 1. The van der Waals surface area contributed by atoms with Crippen molar-refractivity contribution in [3.8, 4) is 28.7 Å². The van der Waals surface area contributed by atoms with Crippen LogP contribution in [0, 0.1) is 20.2 Å². The van der Waals surface area contributed by atoms with Crippen LogP contribution < -0.4 is 9.30 Å². The maximum atomic E-state index is 6.71. The van der Waals surface area contributed by atoms with Crippen molar-refractivity contribution in [3.05, 3.63) is 151 Å². The molecule has 0 aliphatic heterocycles. The summed E-state index contributed by atoms with van der Waals surface area (Å²) in [6, 6.07) is 38.8. The van der Waals surface area contributed by atoms with E-state index >= 15 is 0 Å². The summed E-state index contributed by atoms with van der Waals surface area (Å²) >= 11 is 0. The van der Waals surface area contributed by atoms with E-state index in [0.29, 0.717) is 0 Å². The standard InChI is InChI=1S/C45H39N5O/c1-29-11-9-14-38-39-15-10-12-30(2)44(39)49(43(29)38)32-19-20-46-42(26-32)50-40-16-8-7-13-36(40)37-18-17-34(27-41(37)50)51-35-24-31(45(3,4)5)23-33(25-35)48-22-21-47(6)28-48/h7-27H,1-6H3. The molecule has 4 aromatic heterocycles. The number of hydrogen-bond donors (Lipinski definition) is 0. The van der Waals surface area contributed by atoms with Crippen molar-refractivity contribution >= 4 is 43.6 Å². The van der Waals surface area contributed by atoms with E-state index in [1.165, 1.54) is 43.9 Å². The molecule has 0 atom stereocenters. The van der Waals surface area contributed by atoms with Crippen LogP contribution in [0.5, 0.6) is 11.5 Å². The van der Waals surface area contributed by atoms with Gasteiger partial charge in [-0.25, -0.2) is 4.98 Å². The quantitative estimate of drug-likeness (QED) is 0.136.